The van der Waals surface area contributed by atoms with Gasteiger partial charge in [-0.2, -0.15) is 0 Å². The van der Waals surface area contributed by atoms with Gasteiger partial charge in [-0.3, -0.25) is 9.88 Å². The molecule has 1 saturated heterocycles. The number of halogens is 4. The van der Waals surface area contributed by atoms with Gasteiger partial charge in [0.05, 0.1) is 5.69 Å². The number of hydrogen-bond donors (Lipinski definition) is 3. The summed E-state index contributed by atoms with van der Waals surface area (Å²) in [7, 11) is 0. The number of benzene rings is 1. The molecule has 1 aromatic heterocycles. The van der Waals surface area contributed by atoms with Crippen molar-refractivity contribution in [2.24, 2.45) is 0 Å². The zero-order chi connectivity index (χ0) is 20.7. The highest BCUT2D eigenvalue weighted by atomic mass is 35.5. The maximum atomic E-state index is 4.36. The van der Waals surface area contributed by atoms with Crippen molar-refractivity contribution in [1.82, 2.24) is 25.8 Å². The van der Waals surface area contributed by atoms with Crippen LogP contribution in [0.4, 0.5) is 0 Å². The van der Waals surface area contributed by atoms with E-state index in [9.17, 15) is 0 Å². The van der Waals surface area contributed by atoms with Gasteiger partial charge in [0, 0.05) is 52.0 Å². The SMILES string of the molecule is Cl.Cl.Cl.Cl.c1ccc(CNCc2ccc(CN3CCNCCCCCCCNCC3)cc2)nc1. The number of rotatable bonds is 6. The molecule has 0 spiro atoms. The Balaban J connectivity index is 0. The van der Waals surface area contributed by atoms with Gasteiger partial charge in [-0.1, -0.05) is 49.6 Å². The molecule has 0 atom stereocenters. The van der Waals surface area contributed by atoms with Crippen LogP contribution in [0.3, 0.4) is 0 Å². The first-order valence-corrected chi connectivity index (χ1v) is 11.7. The Morgan fingerprint density at radius 1 is 0.676 bits per heavy atom. The largest absolute Gasteiger partial charge is 0.315 e. The van der Waals surface area contributed by atoms with E-state index < -0.39 is 0 Å². The zero-order valence-electron chi connectivity index (χ0n) is 20.0. The third kappa shape index (κ3) is 15.4. The van der Waals surface area contributed by atoms with Crippen LogP contribution in [0.15, 0.2) is 48.7 Å². The van der Waals surface area contributed by atoms with Crippen molar-refractivity contribution < 1.29 is 0 Å². The molecular formula is C25H43Cl4N5. The minimum Gasteiger partial charge on any atom is -0.315 e. The fraction of sp³-hybridized carbons (Fsp3) is 0.560. The Morgan fingerprint density at radius 3 is 1.85 bits per heavy atom. The molecular weight excluding hydrogens is 512 g/mol. The van der Waals surface area contributed by atoms with Gasteiger partial charge in [0.2, 0.25) is 0 Å². The van der Waals surface area contributed by atoms with Crippen LogP contribution in [-0.4, -0.2) is 49.2 Å². The molecule has 0 amide bonds. The summed E-state index contributed by atoms with van der Waals surface area (Å²) in [6, 6.07) is 15.1. The predicted molar refractivity (Wildman–Crippen MR) is 154 cm³/mol. The van der Waals surface area contributed by atoms with Crippen LogP contribution in [-0.2, 0) is 19.6 Å². The average Bonchev–Trinajstić information content (AvgIpc) is 2.78. The van der Waals surface area contributed by atoms with Gasteiger partial charge in [0.25, 0.3) is 0 Å². The summed E-state index contributed by atoms with van der Waals surface area (Å²) < 4.78 is 0. The fourth-order valence-corrected chi connectivity index (χ4v) is 3.88. The maximum Gasteiger partial charge on any atom is 0.0541 e. The van der Waals surface area contributed by atoms with E-state index in [1.807, 2.05) is 18.3 Å². The molecule has 1 fully saturated rings. The van der Waals surface area contributed by atoms with Crippen molar-refractivity contribution in [2.75, 3.05) is 39.3 Å². The molecule has 196 valence electrons. The first-order valence-electron chi connectivity index (χ1n) is 11.7. The highest BCUT2D eigenvalue weighted by Gasteiger charge is 2.07. The van der Waals surface area contributed by atoms with E-state index in [0.29, 0.717) is 0 Å². The van der Waals surface area contributed by atoms with Crippen molar-refractivity contribution >= 4 is 49.6 Å². The summed E-state index contributed by atoms with van der Waals surface area (Å²) >= 11 is 0. The monoisotopic (exact) mass is 553 g/mol. The Kier molecular flexibility index (Phi) is 23.8. The summed E-state index contributed by atoms with van der Waals surface area (Å²) in [6.45, 7) is 9.38. The van der Waals surface area contributed by atoms with E-state index in [1.54, 1.807) is 0 Å². The average molecular weight is 555 g/mol. The summed E-state index contributed by atoms with van der Waals surface area (Å²) in [6.07, 6.45) is 8.56. The second-order valence-corrected chi connectivity index (χ2v) is 8.29. The molecule has 2 heterocycles. The first kappa shape index (κ1) is 35.5. The molecule has 1 aliphatic heterocycles. The Labute approximate surface area is 231 Å². The number of pyridine rings is 1. The van der Waals surface area contributed by atoms with Crippen molar-refractivity contribution in [3.8, 4) is 0 Å². The fourth-order valence-electron chi connectivity index (χ4n) is 3.88. The molecule has 1 aliphatic rings. The minimum atomic E-state index is 0. The third-order valence-corrected chi connectivity index (χ3v) is 5.71. The second kappa shape index (κ2) is 22.8. The summed E-state index contributed by atoms with van der Waals surface area (Å²) in [5, 5.41) is 10.7. The van der Waals surface area contributed by atoms with E-state index in [1.165, 1.54) is 43.2 Å². The van der Waals surface area contributed by atoms with Gasteiger partial charge in [-0.25, -0.2) is 0 Å². The summed E-state index contributed by atoms with van der Waals surface area (Å²) in [4.78, 5) is 6.93. The topological polar surface area (TPSA) is 52.2 Å². The van der Waals surface area contributed by atoms with Gasteiger partial charge in [-0.15, -0.1) is 49.6 Å². The Morgan fingerprint density at radius 2 is 1.26 bits per heavy atom. The normalized spacial score (nSPS) is 15.9. The van der Waals surface area contributed by atoms with Crippen LogP contribution < -0.4 is 16.0 Å². The van der Waals surface area contributed by atoms with Gasteiger partial charge < -0.3 is 16.0 Å². The standard InChI is InChI=1S/C25H39N5.4ClH/c1-2-5-13-26-16-18-30(19-17-27-14-6-3-1)22-24-11-9-23(10-12-24)20-28-21-25-8-4-7-15-29-25;;;;/h4,7-12,15,26-28H,1-3,5-6,13-14,16-22H2;4*1H. The molecule has 3 rings (SSSR count). The lowest BCUT2D eigenvalue weighted by Gasteiger charge is -2.23. The molecule has 5 nitrogen and oxygen atoms in total. The van der Waals surface area contributed by atoms with Gasteiger partial charge in [0.15, 0.2) is 0 Å². The molecule has 9 heteroatoms. The lowest BCUT2D eigenvalue weighted by molar-refractivity contribution is 0.263. The van der Waals surface area contributed by atoms with Crippen molar-refractivity contribution in [3.63, 3.8) is 0 Å². The molecule has 0 unspecified atom stereocenters. The van der Waals surface area contributed by atoms with Gasteiger partial charge >= 0.3 is 0 Å². The Bertz CT molecular complexity index is 677. The molecule has 0 radical (unpaired) electrons. The maximum absolute atomic E-state index is 4.36. The van der Waals surface area contributed by atoms with E-state index in [4.69, 9.17) is 0 Å². The molecule has 0 aliphatic carbocycles. The second-order valence-electron chi connectivity index (χ2n) is 8.29. The molecule has 1 aromatic carbocycles. The van der Waals surface area contributed by atoms with E-state index in [-0.39, 0.29) is 49.6 Å². The van der Waals surface area contributed by atoms with Crippen molar-refractivity contribution in [1.29, 1.82) is 0 Å². The highest BCUT2D eigenvalue weighted by molar-refractivity contribution is 5.86. The molecule has 0 saturated carbocycles. The molecule has 34 heavy (non-hydrogen) atoms. The third-order valence-electron chi connectivity index (χ3n) is 5.71. The predicted octanol–water partition coefficient (Wildman–Crippen LogP) is 5.00. The number of nitrogens with one attached hydrogen (secondary N) is 3. The summed E-state index contributed by atoms with van der Waals surface area (Å²) in [5.74, 6) is 0. The van der Waals surface area contributed by atoms with Crippen LogP contribution in [0.25, 0.3) is 0 Å². The molecule has 0 bridgehead atoms. The smallest absolute Gasteiger partial charge is 0.0541 e. The number of nitrogens with zero attached hydrogens (tertiary/aromatic N) is 2. The van der Waals surface area contributed by atoms with Gasteiger partial charge in [0.1, 0.15) is 0 Å². The first-order chi connectivity index (χ1) is 14.9. The van der Waals surface area contributed by atoms with Crippen LogP contribution >= 0.6 is 49.6 Å². The van der Waals surface area contributed by atoms with E-state index in [2.05, 4.69) is 56.2 Å². The highest BCUT2D eigenvalue weighted by Crippen LogP contribution is 2.08. The minimum absolute atomic E-state index is 0. The quantitative estimate of drug-likeness (QED) is 0.469. The zero-order valence-corrected chi connectivity index (χ0v) is 23.3. The number of hydrogen-bond acceptors (Lipinski definition) is 5. The molecule has 2 aromatic rings. The van der Waals surface area contributed by atoms with Crippen LogP contribution in [0.5, 0.6) is 0 Å². The number of aromatic nitrogens is 1. The van der Waals surface area contributed by atoms with Crippen molar-refractivity contribution in [2.45, 2.75) is 51.7 Å². The summed E-state index contributed by atoms with van der Waals surface area (Å²) in [5.41, 5.74) is 3.79. The van der Waals surface area contributed by atoms with E-state index in [0.717, 1.165) is 64.6 Å². The molecule has 3 N–H and O–H groups in total. The van der Waals surface area contributed by atoms with Gasteiger partial charge in [-0.05, 0) is 49.2 Å². The van der Waals surface area contributed by atoms with Crippen LogP contribution in [0.1, 0.15) is 48.9 Å². The van der Waals surface area contributed by atoms with Crippen molar-refractivity contribution in [3.05, 3.63) is 65.5 Å². The van der Waals surface area contributed by atoms with E-state index >= 15 is 0 Å². The lowest BCUT2D eigenvalue weighted by Crippen LogP contribution is -2.37. The van der Waals surface area contributed by atoms with Crippen LogP contribution in [0.2, 0.25) is 0 Å². The lowest BCUT2D eigenvalue weighted by atomic mass is 10.1. The Hall–Kier alpha value is -0.630. The van der Waals surface area contributed by atoms with Crippen LogP contribution in [0, 0.1) is 0 Å².